The first-order valence-corrected chi connectivity index (χ1v) is 5.97. The van der Waals surface area contributed by atoms with Crippen molar-refractivity contribution in [1.82, 2.24) is 5.32 Å². The molecule has 1 aliphatic carbocycles. The van der Waals surface area contributed by atoms with Gasteiger partial charge < -0.3 is 10.6 Å². The van der Waals surface area contributed by atoms with Gasteiger partial charge in [0.05, 0.1) is 0 Å². The molecule has 1 aromatic carbocycles. The number of carbonyl (C=O) groups is 1. The van der Waals surface area contributed by atoms with E-state index >= 15 is 0 Å². The van der Waals surface area contributed by atoms with Crippen molar-refractivity contribution in [3.8, 4) is 0 Å². The van der Waals surface area contributed by atoms with Crippen molar-refractivity contribution >= 4 is 11.6 Å². The molecule has 0 aromatic heterocycles. The summed E-state index contributed by atoms with van der Waals surface area (Å²) in [5.41, 5.74) is 3.64. The molecule has 0 atom stereocenters. The number of amides is 1. The molecule has 0 radical (unpaired) electrons. The number of nitrogens with one attached hydrogen (secondary N) is 2. The zero-order chi connectivity index (χ0) is 11.0. The lowest BCUT2D eigenvalue weighted by atomic mass is 9.99. The maximum atomic E-state index is 11.7. The third-order valence-corrected chi connectivity index (χ3v) is 3.35. The summed E-state index contributed by atoms with van der Waals surface area (Å²) in [6, 6.07) is 6.20. The second kappa shape index (κ2) is 3.91. The van der Waals surface area contributed by atoms with Crippen LogP contribution in [-0.2, 0) is 17.8 Å². The molecule has 1 aliphatic heterocycles. The molecular weight excluding hydrogens is 200 g/mol. The van der Waals surface area contributed by atoms with Gasteiger partial charge >= 0.3 is 0 Å². The van der Waals surface area contributed by atoms with E-state index in [1.54, 1.807) is 0 Å². The molecule has 1 amide bonds. The molecule has 2 N–H and O–H groups in total. The monoisotopic (exact) mass is 216 g/mol. The Morgan fingerprint density at radius 1 is 1.38 bits per heavy atom. The molecule has 0 spiro atoms. The van der Waals surface area contributed by atoms with Crippen molar-refractivity contribution in [2.75, 3.05) is 11.9 Å². The Bertz CT molecular complexity index is 424. The van der Waals surface area contributed by atoms with Crippen LogP contribution in [0, 0.1) is 5.92 Å². The summed E-state index contributed by atoms with van der Waals surface area (Å²) < 4.78 is 0. The van der Waals surface area contributed by atoms with Crippen molar-refractivity contribution in [2.24, 2.45) is 5.92 Å². The molecule has 3 rings (SSSR count). The molecule has 3 nitrogen and oxygen atoms in total. The van der Waals surface area contributed by atoms with Gasteiger partial charge in [-0.3, -0.25) is 4.79 Å². The van der Waals surface area contributed by atoms with Gasteiger partial charge in [-0.2, -0.15) is 0 Å². The summed E-state index contributed by atoms with van der Waals surface area (Å²) in [5.74, 6) is 0.464. The Labute approximate surface area is 95.2 Å². The summed E-state index contributed by atoms with van der Waals surface area (Å²) in [4.78, 5) is 11.7. The van der Waals surface area contributed by atoms with Crippen molar-refractivity contribution in [3.05, 3.63) is 29.3 Å². The Morgan fingerprint density at radius 3 is 3.06 bits per heavy atom. The number of benzene rings is 1. The summed E-state index contributed by atoms with van der Waals surface area (Å²) in [5, 5.41) is 6.40. The third-order valence-electron chi connectivity index (χ3n) is 3.35. The van der Waals surface area contributed by atoms with Crippen molar-refractivity contribution in [3.63, 3.8) is 0 Å². The molecule has 0 unspecified atom stereocenters. The van der Waals surface area contributed by atoms with Gasteiger partial charge in [0.1, 0.15) is 0 Å². The highest BCUT2D eigenvalue weighted by Gasteiger charge is 2.30. The summed E-state index contributed by atoms with van der Waals surface area (Å²) in [7, 11) is 0. The molecule has 1 fully saturated rings. The zero-order valence-corrected chi connectivity index (χ0v) is 9.25. The lowest BCUT2D eigenvalue weighted by Gasteiger charge is -2.20. The molecule has 1 saturated carbocycles. The van der Waals surface area contributed by atoms with E-state index in [4.69, 9.17) is 0 Å². The van der Waals surface area contributed by atoms with E-state index in [-0.39, 0.29) is 11.8 Å². The van der Waals surface area contributed by atoms with Crippen LogP contribution in [0.2, 0.25) is 0 Å². The highest BCUT2D eigenvalue weighted by molar-refractivity contribution is 5.94. The first kappa shape index (κ1) is 9.85. The van der Waals surface area contributed by atoms with Crippen LogP contribution in [0.4, 0.5) is 5.69 Å². The first-order valence-electron chi connectivity index (χ1n) is 5.97. The minimum atomic E-state index is 0.193. The molecule has 1 aromatic rings. The Balaban J connectivity index is 1.85. The lowest BCUT2D eigenvalue weighted by molar-refractivity contribution is -0.117. The highest BCUT2D eigenvalue weighted by atomic mass is 16.2. The van der Waals surface area contributed by atoms with Crippen LogP contribution in [0.1, 0.15) is 24.0 Å². The average Bonchev–Trinajstić information content (AvgIpc) is 3.13. The van der Waals surface area contributed by atoms with Gasteiger partial charge in [0.25, 0.3) is 0 Å². The van der Waals surface area contributed by atoms with E-state index < -0.39 is 0 Å². The summed E-state index contributed by atoms with van der Waals surface area (Å²) in [6.07, 6.45) is 3.17. The molecular formula is C13H16N2O. The summed E-state index contributed by atoms with van der Waals surface area (Å²) >= 11 is 0. The van der Waals surface area contributed by atoms with Crippen LogP contribution >= 0.6 is 0 Å². The molecule has 1 heterocycles. The lowest BCUT2D eigenvalue weighted by Crippen LogP contribution is -2.25. The fourth-order valence-electron chi connectivity index (χ4n) is 2.21. The van der Waals surface area contributed by atoms with E-state index in [0.717, 1.165) is 38.0 Å². The standard InChI is InChI=1S/C13H16N2O/c16-13(10-4-5-10)15-12-3-1-2-9-6-7-14-8-11(9)12/h1-3,10,14H,4-8H2,(H,15,16). The van der Waals surface area contributed by atoms with Crippen LogP contribution in [-0.4, -0.2) is 12.5 Å². The number of hydrogen-bond donors (Lipinski definition) is 2. The van der Waals surface area contributed by atoms with Crippen molar-refractivity contribution < 1.29 is 4.79 Å². The highest BCUT2D eigenvalue weighted by Crippen LogP contribution is 2.31. The van der Waals surface area contributed by atoms with E-state index in [0.29, 0.717) is 0 Å². The second-order valence-corrected chi connectivity index (χ2v) is 4.63. The topological polar surface area (TPSA) is 41.1 Å². The van der Waals surface area contributed by atoms with Gasteiger partial charge in [-0.15, -0.1) is 0 Å². The minimum absolute atomic E-state index is 0.193. The molecule has 2 aliphatic rings. The Hall–Kier alpha value is -1.35. The minimum Gasteiger partial charge on any atom is -0.326 e. The van der Waals surface area contributed by atoms with Gasteiger partial charge in [-0.1, -0.05) is 12.1 Å². The smallest absolute Gasteiger partial charge is 0.227 e. The molecule has 84 valence electrons. The number of fused-ring (bicyclic) bond motifs is 1. The maximum absolute atomic E-state index is 11.7. The van der Waals surface area contributed by atoms with Crippen LogP contribution in [0.15, 0.2) is 18.2 Å². The van der Waals surface area contributed by atoms with Crippen molar-refractivity contribution in [2.45, 2.75) is 25.8 Å². The Morgan fingerprint density at radius 2 is 2.25 bits per heavy atom. The number of anilines is 1. The zero-order valence-electron chi connectivity index (χ0n) is 9.25. The van der Waals surface area contributed by atoms with Crippen molar-refractivity contribution in [1.29, 1.82) is 0 Å². The van der Waals surface area contributed by atoms with Crippen LogP contribution in [0.3, 0.4) is 0 Å². The van der Waals surface area contributed by atoms with Crippen LogP contribution in [0.5, 0.6) is 0 Å². The van der Waals surface area contributed by atoms with Gasteiger partial charge in [0.2, 0.25) is 5.91 Å². The predicted molar refractivity (Wildman–Crippen MR) is 63.2 cm³/mol. The molecule has 0 bridgehead atoms. The predicted octanol–water partition coefficient (Wildman–Crippen LogP) is 1.68. The van der Waals surface area contributed by atoms with Gasteiger partial charge in [0.15, 0.2) is 0 Å². The van der Waals surface area contributed by atoms with Gasteiger partial charge in [-0.05, 0) is 43.0 Å². The van der Waals surface area contributed by atoms with Crippen LogP contribution in [0.25, 0.3) is 0 Å². The summed E-state index contributed by atoms with van der Waals surface area (Å²) in [6.45, 7) is 1.91. The quantitative estimate of drug-likeness (QED) is 0.789. The third kappa shape index (κ3) is 1.83. The van der Waals surface area contributed by atoms with Gasteiger partial charge in [0, 0.05) is 18.2 Å². The van der Waals surface area contributed by atoms with E-state index in [2.05, 4.69) is 16.7 Å². The first-order chi connectivity index (χ1) is 7.84. The fourth-order valence-corrected chi connectivity index (χ4v) is 2.21. The van der Waals surface area contributed by atoms with Gasteiger partial charge in [-0.25, -0.2) is 0 Å². The number of hydrogen-bond acceptors (Lipinski definition) is 2. The second-order valence-electron chi connectivity index (χ2n) is 4.63. The maximum Gasteiger partial charge on any atom is 0.227 e. The van der Waals surface area contributed by atoms with E-state index in [1.165, 1.54) is 11.1 Å². The average molecular weight is 216 g/mol. The SMILES string of the molecule is O=C(Nc1cccc2c1CNCC2)C1CC1. The van der Waals surface area contributed by atoms with E-state index in [9.17, 15) is 4.79 Å². The Kier molecular flexibility index (Phi) is 2.40. The number of carbonyl (C=O) groups excluding carboxylic acids is 1. The molecule has 16 heavy (non-hydrogen) atoms. The fraction of sp³-hybridized carbons (Fsp3) is 0.462. The molecule has 3 heteroatoms. The van der Waals surface area contributed by atoms with Crippen LogP contribution < -0.4 is 10.6 Å². The molecule has 0 saturated heterocycles. The number of rotatable bonds is 2. The largest absolute Gasteiger partial charge is 0.326 e. The van der Waals surface area contributed by atoms with E-state index in [1.807, 2.05) is 12.1 Å². The normalized spacial score (nSPS) is 19.0.